The van der Waals surface area contributed by atoms with Crippen LogP contribution in [-0.4, -0.2) is 59.1 Å². The van der Waals surface area contributed by atoms with E-state index in [1.54, 1.807) is 23.3 Å². The number of methoxy groups -OCH3 is 1. The Bertz CT molecular complexity index is 814. The van der Waals surface area contributed by atoms with E-state index in [0.717, 1.165) is 22.7 Å². The molecule has 0 saturated carbocycles. The third-order valence-electron chi connectivity index (χ3n) is 3.95. The van der Waals surface area contributed by atoms with Crippen LogP contribution >= 0.6 is 34.5 Å². The summed E-state index contributed by atoms with van der Waals surface area (Å²) < 4.78 is 5.12. The van der Waals surface area contributed by atoms with E-state index in [4.69, 9.17) is 27.9 Å². The highest BCUT2D eigenvalue weighted by molar-refractivity contribution is 7.10. The third kappa shape index (κ3) is 8.76. The number of halogens is 2. The lowest BCUT2D eigenvalue weighted by molar-refractivity contribution is -0.116. The van der Waals surface area contributed by atoms with Crippen LogP contribution in [0.15, 0.2) is 5.38 Å². The number of hydrogen-bond acceptors (Lipinski definition) is 8. The highest BCUT2D eigenvalue weighted by Crippen LogP contribution is 2.32. The van der Waals surface area contributed by atoms with Crippen LogP contribution < -0.4 is 15.5 Å². The highest BCUT2D eigenvalue weighted by Gasteiger charge is 2.25. The first-order valence-electron chi connectivity index (χ1n) is 9.98. The summed E-state index contributed by atoms with van der Waals surface area (Å²) in [5.74, 6) is 0.899. The number of carbonyl (C=O) groups is 1. The Balaban J connectivity index is 0.000000316. The minimum absolute atomic E-state index is 0.0111. The molecular weight excluding hydrogens is 459 g/mol. The third-order valence-corrected chi connectivity index (χ3v) is 5.37. The molecule has 31 heavy (non-hydrogen) atoms. The monoisotopic (exact) mass is 490 g/mol. The first-order chi connectivity index (χ1) is 14.6. The maximum Gasteiger partial charge on any atom is 0.242 e. The molecule has 174 valence electrons. The standard InChI is InChI=1S/C12H18ClNO2S.C8H14ClN5/c1-8-7-17-10(3)12(8)14(11(15)5-13)9(2)6-16-4;1-4-10-7-12-6(9)13-8(14-7)11-5(2)3/h7,9H,5-6H2,1-4H3;5H,4H2,1-3H3,(H2,10,11,12,13,14)/t9-;/m0./s1. The molecule has 0 aromatic carbocycles. The van der Waals surface area contributed by atoms with Crippen LogP contribution in [0.2, 0.25) is 5.28 Å². The van der Waals surface area contributed by atoms with Gasteiger partial charge in [0.25, 0.3) is 0 Å². The van der Waals surface area contributed by atoms with Gasteiger partial charge in [-0.3, -0.25) is 4.79 Å². The number of rotatable bonds is 9. The van der Waals surface area contributed by atoms with Gasteiger partial charge in [0.05, 0.1) is 18.3 Å². The Hall–Kier alpha value is -1.68. The number of carbonyl (C=O) groups excluding carboxylic acids is 1. The smallest absolute Gasteiger partial charge is 0.242 e. The number of aryl methyl sites for hydroxylation is 2. The van der Waals surface area contributed by atoms with Gasteiger partial charge in [0.15, 0.2) is 0 Å². The number of nitrogens with one attached hydrogen (secondary N) is 2. The Morgan fingerprint density at radius 3 is 2.35 bits per heavy atom. The molecule has 2 N–H and O–H groups in total. The fourth-order valence-electron chi connectivity index (χ4n) is 2.81. The van der Waals surface area contributed by atoms with Crippen molar-refractivity contribution < 1.29 is 9.53 Å². The van der Waals surface area contributed by atoms with Crippen LogP contribution in [0.3, 0.4) is 0 Å². The van der Waals surface area contributed by atoms with Crippen LogP contribution in [-0.2, 0) is 9.53 Å². The van der Waals surface area contributed by atoms with Gasteiger partial charge in [-0.1, -0.05) is 0 Å². The number of hydrogen-bond donors (Lipinski definition) is 2. The number of alkyl halides is 1. The van der Waals surface area contributed by atoms with Gasteiger partial charge >= 0.3 is 0 Å². The van der Waals surface area contributed by atoms with Crippen LogP contribution in [0.1, 0.15) is 38.1 Å². The van der Waals surface area contributed by atoms with Crippen LogP contribution in [0.5, 0.6) is 0 Å². The fraction of sp³-hybridized carbons (Fsp3) is 0.600. The average Bonchev–Trinajstić information content (AvgIpc) is 3.00. The molecular formula is C20H32Cl2N6O2S. The number of ether oxygens (including phenoxy) is 1. The predicted octanol–water partition coefficient (Wildman–Crippen LogP) is 4.75. The number of amides is 1. The zero-order valence-corrected chi connectivity index (χ0v) is 21.5. The molecule has 0 unspecified atom stereocenters. The van der Waals surface area contributed by atoms with Crippen molar-refractivity contribution in [3.05, 3.63) is 21.1 Å². The minimum Gasteiger partial charge on any atom is -0.383 e. The maximum absolute atomic E-state index is 12.0. The zero-order valence-electron chi connectivity index (χ0n) is 19.1. The fourth-order valence-corrected chi connectivity index (χ4v) is 3.93. The molecule has 1 amide bonds. The van der Waals surface area contributed by atoms with Gasteiger partial charge in [0.2, 0.25) is 23.1 Å². The van der Waals surface area contributed by atoms with Crippen molar-refractivity contribution >= 4 is 58.0 Å². The van der Waals surface area contributed by atoms with Crippen molar-refractivity contribution in [3.8, 4) is 0 Å². The van der Waals surface area contributed by atoms with Gasteiger partial charge in [0.1, 0.15) is 5.88 Å². The van der Waals surface area contributed by atoms with Gasteiger partial charge in [-0.25, -0.2) is 0 Å². The lowest BCUT2D eigenvalue weighted by Gasteiger charge is -2.29. The Kier molecular flexibility index (Phi) is 12.1. The zero-order chi connectivity index (χ0) is 23.6. The molecule has 0 aliphatic carbocycles. The summed E-state index contributed by atoms with van der Waals surface area (Å²) in [4.78, 5) is 26.9. The summed E-state index contributed by atoms with van der Waals surface area (Å²) in [5.41, 5.74) is 2.08. The van der Waals surface area contributed by atoms with E-state index in [0.29, 0.717) is 18.5 Å². The summed E-state index contributed by atoms with van der Waals surface area (Å²) in [5, 5.41) is 8.28. The molecule has 2 rings (SSSR count). The summed E-state index contributed by atoms with van der Waals surface area (Å²) in [6.07, 6.45) is 0. The molecule has 8 nitrogen and oxygen atoms in total. The molecule has 2 aromatic heterocycles. The van der Waals surface area contributed by atoms with Crippen molar-refractivity contribution in [1.29, 1.82) is 0 Å². The summed E-state index contributed by atoms with van der Waals surface area (Å²) in [6, 6.07) is 0.251. The minimum atomic E-state index is -0.0826. The molecule has 0 fully saturated rings. The molecule has 0 aliphatic rings. The van der Waals surface area contributed by atoms with Gasteiger partial charge < -0.3 is 20.3 Å². The average molecular weight is 491 g/mol. The van der Waals surface area contributed by atoms with Crippen molar-refractivity contribution in [1.82, 2.24) is 15.0 Å². The van der Waals surface area contributed by atoms with Crippen LogP contribution in [0.4, 0.5) is 17.6 Å². The molecule has 0 saturated heterocycles. The second-order valence-corrected chi connectivity index (χ2v) is 8.80. The number of nitrogens with zero attached hydrogens (tertiary/aromatic N) is 4. The van der Waals surface area contributed by atoms with E-state index in [9.17, 15) is 4.79 Å². The van der Waals surface area contributed by atoms with Gasteiger partial charge in [-0.15, -0.1) is 22.9 Å². The molecule has 11 heteroatoms. The van der Waals surface area contributed by atoms with Crippen LogP contribution in [0, 0.1) is 13.8 Å². The van der Waals surface area contributed by atoms with Crippen LogP contribution in [0.25, 0.3) is 0 Å². The highest BCUT2D eigenvalue weighted by atomic mass is 35.5. The van der Waals surface area contributed by atoms with Crippen molar-refractivity contribution in [2.24, 2.45) is 0 Å². The number of anilines is 3. The molecule has 0 radical (unpaired) electrons. The molecule has 1 atom stereocenters. The second kappa shape index (κ2) is 13.7. The first-order valence-corrected chi connectivity index (χ1v) is 11.8. The van der Waals surface area contributed by atoms with E-state index in [1.807, 2.05) is 41.5 Å². The number of aromatic nitrogens is 3. The molecule has 2 heterocycles. The quantitative estimate of drug-likeness (QED) is 0.489. The lowest BCUT2D eigenvalue weighted by Crippen LogP contribution is -2.42. The summed E-state index contributed by atoms with van der Waals surface area (Å²) >= 11 is 13.1. The molecule has 0 spiro atoms. The largest absolute Gasteiger partial charge is 0.383 e. The topological polar surface area (TPSA) is 92.3 Å². The molecule has 0 aliphatic heterocycles. The van der Waals surface area contributed by atoms with Gasteiger partial charge in [0, 0.05) is 24.6 Å². The lowest BCUT2D eigenvalue weighted by atomic mass is 10.2. The normalized spacial score (nSPS) is 11.5. The van der Waals surface area contributed by atoms with E-state index in [1.165, 1.54) is 0 Å². The SMILES string of the molecule is CCNc1nc(Cl)nc(NC(C)C)n1.COC[C@H](C)N(C(=O)CCl)c1c(C)csc1C. The van der Waals surface area contributed by atoms with E-state index < -0.39 is 0 Å². The van der Waals surface area contributed by atoms with Gasteiger partial charge in [-0.2, -0.15) is 15.0 Å². The predicted molar refractivity (Wildman–Crippen MR) is 131 cm³/mol. The summed E-state index contributed by atoms with van der Waals surface area (Å²) in [7, 11) is 1.63. The Labute approximate surface area is 198 Å². The second-order valence-electron chi connectivity index (χ2n) is 7.11. The maximum atomic E-state index is 12.0. The Morgan fingerprint density at radius 2 is 1.87 bits per heavy atom. The molecule has 2 aromatic rings. The van der Waals surface area contributed by atoms with E-state index >= 15 is 0 Å². The summed E-state index contributed by atoms with van der Waals surface area (Å²) in [6.45, 7) is 13.2. The first kappa shape index (κ1) is 27.4. The van der Waals surface area contributed by atoms with Crippen molar-refractivity contribution in [2.75, 3.05) is 41.7 Å². The Morgan fingerprint density at radius 1 is 1.23 bits per heavy atom. The van der Waals surface area contributed by atoms with Gasteiger partial charge in [-0.05, 0) is 64.1 Å². The van der Waals surface area contributed by atoms with Crippen molar-refractivity contribution in [3.63, 3.8) is 0 Å². The number of thiophene rings is 1. The van der Waals surface area contributed by atoms with E-state index in [-0.39, 0.29) is 29.2 Å². The van der Waals surface area contributed by atoms with Crippen molar-refractivity contribution in [2.45, 2.75) is 53.6 Å². The van der Waals surface area contributed by atoms with E-state index in [2.05, 4.69) is 31.0 Å². The molecule has 0 bridgehead atoms.